The van der Waals surface area contributed by atoms with Gasteiger partial charge < -0.3 is 4.90 Å². The van der Waals surface area contributed by atoms with Gasteiger partial charge in [0.05, 0.1) is 12.6 Å². The first-order valence-corrected chi connectivity index (χ1v) is 6.90. The van der Waals surface area contributed by atoms with Gasteiger partial charge in [-0.05, 0) is 26.0 Å². The highest BCUT2D eigenvalue weighted by atomic mass is 16.2. The van der Waals surface area contributed by atoms with Crippen molar-refractivity contribution in [2.75, 3.05) is 27.7 Å². The zero-order valence-electron chi connectivity index (χ0n) is 13.0. The molecule has 0 radical (unpaired) electrons. The number of aryl methyl sites for hydroxylation is 1. The molecule has 20 heavy (non-hydrogen) atoms. The Bertz CT molecular complexity index is 466. The lowest BCUT2D eigenvalue weighted by atomic mass is 10.0. The van der Waals surface area contributed by atoms with E-state index in [1.165, 1.54) is 10.5 Å². The smallest absolute Gasteiger partial charge is 0.236 e. The normalized spacial score (nSPS) is 12.3. The van der Waals surface area contributed by atoms with Gasteiger partial charge in [-0.3, -0.25) is 14.5 Å². The second-order valence-corrected chi connectivity index (χ2v) is 5.29. The SMILES string of the molecule is CCc1ccc(C(=O)C(C)N(C)CC(=O)N(C)C)cc1. The number of amides is 1. The molecule has 1 unspecified atom stereocenters. The molecule has 0 bridgehead atoms. The third kappa shape index (κ3) is 4.17. The van der Waals surface area contributed by atoms with Crippen molar-refractivity contribution in [2.45, 2.75) is 26.3 Å². The van der Waals surface area contributed by atoms with Crippen molar-refractivity contribution in [3.05, 3.63) is 35.4 Å². The number of likely N-dealkylation sites (N-methyl/N-ethyl adjacent to an activating group) is 2. The van der Waals surface area contributed by atoms with Gasteiger partial charge in [-0.15, -0.1) is 0 Å². The molecule has 0 heterocycles. The fourth-order valence-corrected chi connectivity index (χ4v) is 1.84. The maximum atomic E-state index is 12.4. The van der Waals surface area contributed by atoms with Gasteiger partial charge in [0.15, 0.2) is 5.78 Å². The lowest BCUT2D eigenvalue weighted by Crippen LogP contribution is -2.42. The number of carbonyl (C=O) groups excluding carboxylic acids is 2. The minimum Gasteiger partial charge on any atom is -0.348 e. The standard InChI is InChI=1S/C16H24N2O2/c1-6-13-7-9-14(10-8-13)16(20)12(2)18(5)11-15(19)17(3)4/h7-10,12H,6,11H2,1-5H3. The summed E-state index contributed by atoms with van der Waals surface area (Å²) in [6, 6.07) is 7.36. The summed E-state index contributed by atoms with van der Waals surface area (Å²) in [6.45, 7) is 4.16. The van der Waals surface area contributed by atoms with E-state index in [0.29, 0.717) is 5.56 Å². The van der Waals surface area contributed by atoms with Crippen LogP contribution in [0, 0.1) is 0 Å². The third-order valence-corrected chi connectivity index (χ3v) is 3.57. The first kappa shape index (κ1) is 16.4. The highest BCUT2D eigenvalue weighted by molar-refractivity contribution is 6.00. The number of hydrogen-bond acceptors (Lipinski definition) is 3. The van der Waals surface area contributed by atoms with Gasteiger partial charge in [0.25, 0.3) is 0 Å². The number of nitrogens with zero attached hydrogens (tertiary/aromatic N) is 2. The molecule has 0 aliphatic heterocycles. The van der Waals surface area contributed by atoms with E-state index in [4.69, 9.17) is 0 Å². The zero-order valence-corrected chi connectivity index (χ0v) is 13.0. The van der Waals surface area contributed by atoms with E-state index in [-0.39, 0.29) is 24.3 Å². The molecule has 1 atom stereocenters. The van der Waals surface area contributed by atoms with Crippen LogP contribution in [0.3, 0.4) is 0 Å². The second kappa shape index (κ2) is 7.20. The maximum Gasteiger partial charge on any atom is 0.236 e. The number of Topliss-reactive ketones (excluding diaryl/α,β-unsaturated/α-hetero) is 1. The number of ketones is 1. The number of carbonyl (C=O) groups is 2. The lowest BCUT2D eigenvalue weighted by Gasteiger charge is -2.24. The Labute approximate surface area is 121 Å². The largest absolute Gasteiger partial charge is 0.348 e. The molecule has 1 aromatic carbocycles. The average Bonchev–Trinajstić information content (AvgIpc) is 2.45. The van der Waals surface area contributed by atoms with E-state index in [1.54, 1.807) is 26.0 Å². The first-order chi connectivity index (χ1) is 9.36. The fourth-order valence-electron chi connectivity index (χ4n) is 1.84. The highest BCUT2D eigenvalue weighted by Gasteiger charge is 2.21. The summed E-state index contributed by atoms with van der Waals surface area (Å²) in [6.07, 6.45) is 0.960. The van der Waals surface area contributed by atoms with Gasteiger partial charge in [0.2, 0.25) is 5.91 Å². The minimum atomic E-state index is -0.314. The predicted octanol–water partition coefficient (Wildman–Crippen LogP) is 1.84. The topological polar surface area (TPSA) is 40.6 Å². The zero-order chi connectivity index (χ0) is 15.3. The molecule has 0 saturated heterocycles. The van der Waals surface area contributed by atoms with E-state index in [0.717, 1.165) is 6.42 Å². The van der Waals surface area contributed by atoms with Crippen molar-refractivity contribution < 1.29 is 9.59 Å². The fraction of sp³-hybridized carbons (Fsp3) is 0.500. The van der Waals surface area contributed by atoms with Gasteiger partial charge in [-0.25, -0.2) is 0 Å². The molecule has 4 nitrogen and oxygen atoms in total. The van der Waals surface area contributed by atoms with Gasteiger partial charge in [-0.1, -0.05) is 31.2 Å². The van der Waals surface area contributed by atoms with Crippen molar-refractivity contribution in [2.24, 2.45) is 0 Å². The summed E-state index contributed by atoms with van der Waals surface area (Å²) >= 11 is 0. The van der Waals surface area contributed by atoms with Crippen LogP contribution < -0.4 is 0 Å². The van der Waals surface area contributed by atoms with Crippen LogP contribution in [0.2, 0.25) is 0 Å². The van der Waals surface area contributed by atoms with Crippen LogP contribution in [0.1, 0.15) is 29.8 Å². The molecule has 0 aromatic heterocycles. The highest BCUT2D eigenvalue weighted by Crippen LogP contribution is 2.10. The summed E-state index contributed by atoms with van der Waals surface area (Å²) in [5.41, 5.74) is 1.91. The quantitative estimate of drug-likeness (QED) is 0.744. The molecule has 0 fully saturated rings. The van der Waals surface area contributed by atoms with Crippen LogP contribution in [0.4, 0.5) is 0 Å². The van der Waals surface area contributed by atoms with Crippen LogP contribution in [-0.4, -0.2) is 55.2 Å². The molecular formula is C16H24N2O2. The molecule has 110 valence electrons. The van der Waals surface area contributed by atoms with Crippen molar-refractivity contribution in [3.63, 3.8) is 0 Å². The van der Waals surface area contributed by atoms with Crippen molar-refractivity contribution in [1.82, 2.24) is 9.80 Å². The Balaban J connectivity index is 2.72. The number of rotatable bonds is 6. The summed E-state index contributed by atoms with van der Waals surface area (Å²) in [7, 11) is 5.22. The molecule has 0 saturated carbocycles. The summed E-state index contributed by atoms with van der Waals surface area (Å²) in [5.74, 6) is 0.0372. The first-order valence-electron chi connectivity index (χ1n) is 6.90. The molecular weight excluding hydrogens is 252 g/mol. The molecule has 0 spiro atoms. The van der Waals surface area contributed by atoms with Crippen LogP contribution in [0.15, 0.2) is 24.3 Å². The van der Waals surface area contributed by atoms with E-state index in [2.05, 4.69) is 6.92 Å². The van der Waals surface area contributed by atoms with Crippen LogP contribution in [-0.2, 0) is 11.2 Å². The molecule has 0 aliphatic carbocycles. The minimum absolute atomic E-state index is 0.00604. The molecule has 1 rings (SSSR count). The van der Waals surface area contributed by atoms with E-state index >= 15 is 0 Å². The van der Waals surface area contributed by atoms with E-state index in [9.17, 15) is 9.59 Å². The lowest BCUT2D eigenvalue weighted by molar-refractivity contribution is -0.129. The predicted molar refractivity (Wildman–Crippen MR) is 80.9 cm³/mol. The second-order valence-electron chi connectivity index (χ2n) is 5.29. The van der Waals surface area contributed by atoms with E-state index in [1.807, 2.05) is 31.2 Å². The average molecular weight is 276 g/mol. The Kier molecular flexibility index (Phi) is 5.89. The summed E-state index contributed by atoms with van der Waals surface area (Å²) in [4.78, 5) is 27.4. The molecule has 1 aromatic rings. The van der Waals surface area contributed by atoms with Gasteiger partial charge >= 0.3 is 0 Å². The van der Waals surface area contributed by atoms with Crippen molar-refractivity contribution >= 4 is 11.7 Å². The number of hydrogen-bond donors (Lipinski definition) is 0. The molecule has 0 aliphatic rings. The van der Waals surface area contributed by atoms with Gasteiger partial charge in [0.1, 0.15) is 0 Å². The number of benzene rings is 1. The molecule has 0 N–H and O–H groups in total. The maximum absolute atomic E-state index is 12.4. The Morgan fingerprint density at radius 3 is 2.10 bits per heavy atom. The van der Waals surface area contributed by atoms with Crippen LogP contribution in [0.25, 0.3) is 0 Å². The Morgan fingerprint density at radius 1 is 1.10 bits per heavy atom. The van der Waals surface area contributed by atoms with Gasteiger partial charge in [-0.2, -0.15) is 0 Å². The third-order valence-electron chi connectivity index (χ3n) is 3.57. The monoisotopic (exact) mass is 276 g/mol. The summed E-state index contributed by atoms with van der Waals surface area (Å²) < 4.78 is 0. The van der Waals surface area contributed by atoms with E-state index < -0.39 is 0 Å². The van der Waals surface area contributed by atoms with Gasteiger partial charge in [0, 0.05) is 19.7 Å². The molecule has 4 heteroatoms. The summed E-state index contributed by atoms with van der Waals surface area (Å²) in [5, 5.41) is 0. The van der Waals surface area contributed by atoms with Crippen LogP contribution in [0.5, 0.6) is 0 Å². The van der Waals surface area contributed by atoms with Crippen molar-refractivity contribution in [1.29, 1.82) is 0 Å². The Morgan fingerprint density at radius 2 is 1.65 bits per heavy atom. The van der Waals surface area contributed by atoms with Crippen molar-refractivity contribution in [3.8, 4) is 0 Å². The van der Waals surface area contributed by atoms with Crippen LogP contribution >= 0.6 is 0 Å². The Hall–Kier alpha value is -1.68. The molecule has 1 amide bonds.